The SMILES string of the molecule is CCCOc1cc(C)c(C(CC)CC(=O)O)c(C)c1C. The highest BCUT2D eigenvalue weighted by molar-refractivity contribution is 5.68. The fourth-order valence-corrected chi connectivity index (χ4v) is 2.72. The first-order chi connectivity index (χ1) is 9.42. The van der Waals surface area contributed by atoms with Gasteiger partial charge in [-0.1, -0.05) is 13.8 Å². The van der Waals surface area contributed by atoms with Crippen LogP contribution in [0.1, 0.15) is 61.3 Å². The molecule has 1 rings (SSSR count). The molecule has 0 aliphatic carbocycles. The molecule has 0 heterocycles. The quantitative estimate of drug-likeness (QED) is 0.805. The monoisotopic (exact) mass is 278 g/mol. The number of ether oxygens (including phenoxy) is 1. The Morgan fingerprint density at radius 1 is 1.25 bits per heavy atom. The van der Waals surface area contributed by atoms with Crippen molar-refractivity contribution in [1.82, 2.24) is 0 Å². The van der Waals surface area contributed by atoms with Crippen LogP contribution < -0.4 is 4.74 Å². The first-order valence-electron chi connectivity index (χ1n) is 7.37. The second-order valence-corrected chi connectivity index (χ2v) is 5.41. The van der Waals surface area contributed by atoms with E-state index in [1.807, 2.05) is 13.8 Å². The van der Waals surface area contributed by atoms with E-state index in [1.54, 1.807) is 0 Å². The summed E-state index contributed by atoms with van der Waals surface area (Å²) in [5.74, 6) is 0.266. The summed E-state index contributed by atoms with van der Waals surface area (Å²) >= 11 is 0. The van der Waals surface area contributed by atoms with Crippen molar-refractivity contribution in [1.29, 1.82) is 0 Å². The van der Waals surface area contributed by atoms with Crippen LogP contribution in [0.2, 0.25) is 0 Å². The average molecular weight is 278 g/mol. The summed E-state index contributed by atoms with van der Waals surface area (Å²) in [6, 6.07) is 2.05. The lowest BCUT2D eigenvalue weighted by molar-refractivity contribution is -0.137. The molecule has 1 atom stereocenters. The molecular formula is C17H26O3. The van der Waals surface area contributed by atoms with E-state index < -0.39 is 5.97 Å². The predicted octanol–water partition coefficient (Wildman–Crippen LogP) is 4.37. The lowest BCUT2D eigenvalue weighted by Crippen LogP contribution is -2.10. The Kier molecular flexibility index (Phi) is 6.05. The fourth-order valence-electron chi connectivity index (χ4n) is 2.72. The molecule has 1 unspecified atom stereocenters. The number of rotatable bonds is 7. The average Bonchev–Trinajstić information content (AvgIpc) is 2.39. The first kappa shape index (κ1) is 16.5. The van der Waals surface area contributed by atoms with E-state index in [1.165, 1.54) is 11.1 Å². The van der Waals surface area contributed by atoms with Crippen LogP contribution in [0.5, 0.6) is 5.75 Å². The minimum absolute atomic E-state index is 0.0754. The molecule has 3 nitrogen and oxygen atoms in total. The molecule has 3 heteroatoms. The van der Waals surface area contributed by atoms with Crippen molar-refractivity contribution in [3.63, 3.8) is 0 Å². The van der Waals surface area contributed by atoms with Crippen molar-refractivity contribution >= 4 is 5.97 Å². The Morgan fingerprint density at radius 2 is 1.90 bits per heavy atom. The van der Waals surface area contributed by atoms with Gasteiger partial charge in [-0.25, -0.2) is 0 Å². The molecule has 0 bridgehead atoms. The van der Waals surface area contributed by atoms with E-state index >= 15 is 0 Å². The lowest BCUT2D eigenvalue weighted by atomic mass is 9.84. The smallest absolute Gasteiger partial charge is 0.303 e. The largest absolute Gasteiger partial charge is 0.493 e. The summed E-state index contributed by atoms with van der Waals surface area (Å²) in [6.07, 6.45) is 2.01. The number of carbonyl (C=O) groups is 1. The van der Waals surface area contributed by atoms with Gasteiger partial charge in [-0.05, 0) is 67.9 Å². The molecule has 1 aromatic rings. The highest BCUT2D eigenvalue weighted by Gasteiger charge is 2.20. The van der Waals surface area contributed by atoms with E-state index in [2.05, 4.69) is 26.8 Å². The van der Waals surface area contributed by atoms with Crippen LogP contribution >= 0.6 is 0 Å². The number of benzene rings is 1. The molecular weight excluding hydrogens is 252 g/mol. The maximum absolute atomic E-state index is 11.0. The second-order valence-electron chi connectivity index (χ2n) is 5.41. The van der Waals surface area contributed by atoms with Crippen molar-refractivity contribution < 1.29 is 14.6 Å². The van der Waals surface area contributed by atoms with Crippen molar-refractivity contribution in [2.24, 2.45) is 0 Å². The van der Waals surface area contributed by atoms with Gasteiger partial charge in [0.15, 0.2) is 0 Å². The number of carboxylic acids is 1. The third-order valence-electron chi connectivity index (χ3n) is 3.89. The zero-order valence-electron chi connectivity index (χ0n) is 13.2. The van der Waals surface area contributed by atoms with Crippen molar-refractivity contribution in [2.75, 3.05) is 6.61 Å². The van der Waals surface area contributed by atoms with Gasteiger partial charge < -0.3 is 9.84 Å². The molecule has 0 aromatic heterocycles. The van der Waals surface area contributed by atoms with Crippen molar-refractivity contribution in [2.45, 2.75) is 59.8 Å². The predicted molar refractivity (Wildman–Crippen MR) is 81.7 cm³/mol. The van der Waals surface area contributed by atoms with Gasteiger partial charge in [0.05, 0.1) is 13.0 Å². The maximum Gasteiger partial charge on any atom is 0.303 e. The molecule has 0 aliphatic rings. The third kappa shape index (κ3) is 3.75. The standard InChI is InChI=1S/C17H26O3/c1-6-8-20-15-9-11(3)17(13(5)12(15)4)14(7-2)10-16(18)19/h9,14H,6-8,10H2,1-5H3,(H,18,19). The van der Waals surface area contributed by atoms with Gasteiger partial charge in [0.1, 0.15) is 5.75 Å². The van der Waals surface area contributed by atoms with E-state index in [-0.39, 0.29) is 12.3 Å². The van der Waals surface area contributed by atoms with Crippen LogP contribution in [0, 0.1) is 20.8 Å². The van der Waals surface area contributed by atoms with Gasteiger partial charge in [-0.2, -0.15) is 0 Å². The topological polar surface area (TPSA) is 46.5 Å². The molecule has 0 amide bonds. The normalized spacial score (nSPS) is 12.2. The van der Waals surface area contributed by atoms with Crippen LogP contribution in [-0.2, 0) is 4.79 Å². The van der Waals surface area contributed by atoms with E-state index in [9.17, 15) is 4.79 Å². The Bertz CT molecular complexity index is 478. The molecule has 1 N–H and O–H groups in total. The first-order valence-corrected chi connectivity index (χ1v) is 7.37. The van der Waals surface area contributed by atoms with Crippen LogP contribution in [-0.4, -0.2) is 17.7 Å². The number of hydrogen-bond donors (Lipinski definition) is 1. The van der Waals surface area contributed by atoms with Crippen molar-refractivity contribution in [3.8, 4) is 5.75 Å². The molecule has 0 radical (unpaired) electrons. The molecule has 0 saturated carbocycles. The number of carboxylic acid groups (broad SMARTS) is 1. The molecule has 112 valence electrons. The molecule has 0 spiro atoms. The van der Waals surface area contributed by atoms with Crippen molar-refractivity contribution in [3.05, 3.63) is 28.3 Å². The molecule has 0 saturated heterocycles. The molecule has 20 heavy (non-hydrogen) atoms. The highest BCUT2D eigenvalue weighted by atomic mass is 16.5. The van der Waals surface area contributed by atoms with Gasteiger partial charge in [-0.15, -0.1) is 0 Å². The second kappa shape index (κ2) is 7.32. The maximum atomic E-state index is 11.0. The Hall–Kier alpha value is -1.51. The minimum Gasteiger partial charge on any atom is -0.493 e. The minimum atomic E-state index is -0.736. The fraction of sp³-hybridized carbons (Fsp3) is 0.588. The van der Waals surface area contributed by atoms with Crippen LogP contribution in [0.3, 0.4) is 0 Å². The van der Waals surface area contributed by atoms with E-state index in [4.69, 9.17) is 9.84 Å². The zero-order valence-corrected chi connectivity index (χ0v) is 13.2. The van der Waals surface area contributed by atoms with Crippen LogP contribution in [0.15, 0.2) is 6.07 Å². The zero-order chi connectivity index (χ0) is 15.3. The Balaban J connectivity index is 3.20. The third-order valence-corrected chi connectivity index (χ3v) is 3.89. The van der Waals surface area contributed by atoms with E-state index in [0.29, 0.717) is 6.61 Å². The summed E-state index contributed by atoms with van der Waals surface area (Å²) in [4.78, 5) is 11.0. The summed E-state index contributed by atoms with van der Waals surface area (Å²) < 4.78 is 5.78. The molecule has 0 aliphatic heterocycles. The summed E-state index contributed by atoms with van der Waals surface area (Å²) in [5.41, 5.74) is 4.61. The van der Waals surface area contributed by atoms with Gasteiger partial charge in [-0.3, -0.25) is 4.79 Å². The number of aliphatic carboxylic acids is 1. The Morgan fingerprint density at radius 3 is 2.40 bits per heavy atom. The lowest BCUT2D eigenvalue weighted by Gasteiger charge is -2.22. The van der Waals surface area contributed by atoms with Gasteiger partial charge in [0, 0.05) is 0 Å². The molecule has 1 aromatic carbocycles. The van der Waals surface area contributed by atoms with E-state index in [0.717, 1.165) is 29.7 Å². The van der Waals surface area contributed by atoms with Crippen LogP contribution in [0.25, 0.3) is 0 Å². The Labute approximate surface area is 122 Å². The molecule has 0 fully saturated rings. The number of hydrogen-bond acceptors (Lipinski definition) is 2. The highest BCUT2D eigenvalue weighted by Crippen LogP contribution is 2.35. The summed E-state index contributed by atoms with van der Waals surface area (Å²) in [7, 11) is 0. The van der Waals surface area contributed by atoms with Gasteiger partial charge in [0.2, 0.25) is 0 Å². The summed E-state index contributed by atoms with van der Waals surface area (Å²) in [6.45, 7) is 11.0. The van der Waals surface area contributed by atoms with Gasteiger partial charge >= 0.3 is 5.97 Å². The summed E-state index contributed by atoms with van der Waals surface area (Å²) in [5, 5.41) is 9.07. The van der Waals surface area contributed by atoms with Gasteiger partial charge in [0.25, 0.3) is 0 Å². The van der Waals surface area contributed by atoms with Crippen LogP contribution in [0.4, 0.5) is 0 Å². The number of aryl methyl sites for hydroxylation is 1.